The Morgan fingerprint density at radius 2 is 2.12 bits per heavy atom. The topological polar surface area (TPSA) is 78.5 Å². The summed E-state index contributed by atoms with van der Waals surface area (Å²) in [6.45, 7) is 1.31. The third-order valence-electron chi connectivity index (χ3n) is 4.85. The summed E-state index contributed by atoms with van der Waals surface area (Å²) in [4.78, 5) is 14.1. The average molecular weight is 345 g/mol. The first-order valence-electron chi connectivity index (χ1n) is 8.06. The molecule has 0 aliphatic carbocycles. The predicted octanol–water partition coefficient (Wildman–Crippen LogP) is 1.46. The van der Waals surface area contributed by atoms with Crippen molar-refractivity contribution >= 4 is 32.4 Å². The molecular weight excluding hydrogens is 326 g/mol. The molecule has 1 atom stereocenters. The van der Waals surface area contributed by atoms with E-state index in [1.807, 2.05) is 0 Å². The second-order valence-electron chi connectivity index (χ2n) is 6.32. The third-order valence-corrected chi connectivity index (χ3v) is 6.33. The molecule has 2 heterocycles. The number of carbonyl (C=O) groups is 1. The van der Waals surface area contributed by atoms with Crippen molar-refractivity contribution in [3.63, 3.8) is 0 Å². The zero-order valence-electron chi connectivity index (χ0n) is 13.4. The molecule has 2 aromatic rings. The molecular formula is C17H19N3O3S. The van der Waals surface area contributed by atoms with E-state index in [1.54, 1.807) is 42.3 Å². The van der Waals surface area contributed by atoms with E-state index >= 15 is 0 Å². The summed E-state index contributed by atoms with van der Waals surface area (Å²) < 4.78 is 28.2. The van der Waals surface area contributed by atoms with Gasteiger partial charge in [-0.1, -0.05) is 12.1 Å². The second kappa shape index (κ2) is 5.54. The maximum atomic E-state index is 12.8. The highest BCUT2D eigenvalue weighted by atomic mass is 32.2. The molecule has 0 saturated carbocycles. The van der Waals surface area contributed by atoms with Crippen LogP contribution in [-0.4, -0.2) is 40.5 Å². The van der Waals surface area contributed by atoms with E-state index in [0.717, 1.165) is 25.1 Å². The molecule has 1 fully saturated rings. The number of amides is 1. The highest BCUT2D eigenvalue weighted by molar-refractivity contribution is 7.89. The van der Waals surface area contributed by atoms with Crippen LogP contribution in [0.15, 0.2) is 35.2 Å². The molecule has 7 heteroatoms. The molecule has 0 radical (unpaired) electrons. The number of anilines is 1. The van der Waals surface area contributed by atoms with E-state index in [9.17, 15) is 13.2 Å². The molecule has 0 bridgehead atoms. The van der Waals surface area contributed by atoms with Gasteiger partial charge in [0.2, 0.25) is 10.0 Å². The van der Waals surface area contributed by atoms with E-state index in [4.69, 9.17) is 0 Å². The SMILES string of the molecule is CN1C(=O)c2cccc3c(S(=O)(=O)NCC4CCCN4)ccc1c23. The zero-order chi connectivity index (χ0) is 16.9. The van der Waals surface area contributed by atoms with Gasteiger partial charge in [-0.2, -0.15) is 0 Å². The first-order chi connectivity index (χ1) is 11.5. The number of hydrogen-bond donors (Lipinski definition) is 2. The lowest BCUT2D eigenvalue weighted by atomic mass is 10.1. The zero-order valence-corrected chi connectivity index (χ0v) is 14.2. The van der Waals surface area contributed by atoms with Gasteiger partial charge in [-0.3, -0.25) is 4.79 Å². The fourth-order valence-corrected chi connectivity index (χ4v) is 4.85. The lowest BCUT2D eigenvalue weighted by molar-refractivity contribution is 0.0999. The lowest BCUT2D eigenvalue weighted by Crippen LogP contribution is -2.37. The van der Waals surface area contributed by atoms with Crippen molar-refractivity contribution in [2.75, 3.05) is 25.0 Å². The van der Waals surface area contributed by atoms with Gasteiger partial charge in [-0.05, 0) is 37.6 Å². The maximum Gasteiger partial charge on any atom is 0.258 e. The lowest BCUT2D eigenvalue weighted by Gasteiger charge is -2.14. The van der Waals surface area contributed by atoms with Gasteiger partial charge >= 0.3 is 0 Å². The third kappa shape index (κ3) is 2.31. The molecule has 126 valence electrons. The second-order valence-corrected chi connectivity index (χ2v) is 8.06. The van der Waals surface area contributed by atoms with Gasteiger partial charge in [0.05, 0.1) is 10.6 Å². The molecule has 2 aliphatic rings. The Labute approximate surface area is 140 Å². The van der Waals surface area contributed by atoms with Crippen molar-refractivity contribution in [1.29, 1.82) is 0 Å². The van der Waals surface area contributed by atoms with Crippen LogP contribution < -0.4 is 14.9 Å². The van der Waals surface area contributed by atoms with Crippen LogP contribution in [0.25, 0.3) is 10.8 Å². The van der Waals surface area contributed by atoms with Crippen LogP contribution in [0.3, 0.4) is 0 Å². The number of rotatable bonds is 4. The van der Waals surface area contributed by atoms with Gasteiger partial charge in [0.1, 0.15) is 0 Å². The summed E-state index contributed by atoms with van der Waals surface area (Å²) in [5.74, 6) is -0.103. The van der Waals surface area contributed by atoms with Crippen molar-refractivity contribution < 1.29 is 13.2 Å². The Morgan fingerprint density at radius 3 is 2.88 bits per heavy atom. The maximum absolute atomic E-state index is 12.8. The first-order valence-corrected chi connectivity index (χ1v) is 9.54. The number of benzene rings is 2. The smallest absolute Gasteiger partial charge is 0.258 e. The molecule has 24 heavy (non-hydrogen) atoms. The van der Waals surface area contributed by atoms with Gasteiger partial charge in [0.15, 0.2) is 0 Å². The van der Waals surface area contributed by atoms with Crippen molar-refractivity contribution in [2.45, 2.75) is 23.8 Å². The number of carbonyl (C=O) groups excluding carboxylic acids is 1. The van der Waals surface area contributed by atoms with Crippen molar-refractivity contribution in [3.8, 4) is 0 Å². The Bertz CT molecular complexity index is 933. The van der Waals surface area contributed by atoms with Crippen molar-refractivity contribution in [2.24, 2.45) is 0 Å². The predicted molar refractivity (Wildman–Crippen MR) is 92.9 cm³/mol. The summed E-state index contributed by atoms with van der Waals surface area (Å²) in [5, 5.41) is 4.59. The van der Waals surface area contributed by atoms with Gasteiger partial charge in [-0.15, -0.1) is 0 Å². The molecule has 2 aromatic carbocycles. The van der Waals surface area contributed by atoms with Crippen LogP contribution in [0.5, 0.6) is 0 Å². The van der Waals surface area contributed by atoms with E-state index < -0.39 is 10.0 Å². The molecule has 1 unspecified atom stereocenters. The van der Waals surface area contributed by atoms with Gasteiger partial charge in [0.25, 0.3) is 5.91 Å². The van der Waals surface area contributed by atoms with E-state index in [1.165, 1.54) is 0 Å². The van der Waals surface area contributed by atoms with E-state index in [-0.39, 0.29) is 16.8 Å². The van der Waals surface area contributed by atoms with Crippen LogP contribution in [-0.2, 0) is 10.0 Å². The molecule has 2 N–H and O–H groups in total. The molecule has 0 aromatic heterocycles. The van der Waals surface area contributed by atoms with Crippen LogP contribution in [0.2, 0.25) is 0 Å². The van der Waals surface area contributed by atoms with Crippen LogP contribution in [0.4, 0.5) is 5.69 Å². The molecule has 1 saturated heterocycles. The van der Waals surface area contributed by atoms with E-state index in [2.05, 4.69) is 10.0 Å². The fourth-order valence-electron chi connectivity index (χ4n) is 3.56. The standard InChI is InChI=1S/C17H19N3O3S/c1-20-14-7-8-15(12-5-2-6-13(16(12)14)17(20)21)24(22,23)19-10-11-4-3-9-18-11/h2,5-8,11,18-19H,3-4,9-10H2,1H3. The normalized spacial score (nSPS) is 20.3. The van der Waals surface area contributed by atoms with Gasteiger partial charge < -0.3 is 10.2 Å². The van der Waals surface area contributed by atoms with Crippen LogP contribution in [0.1, 0.15) is 23.2 Å². The average Bonchev–Trinajstić information content (AvgIpc) is 3.18. The van der Waals surface area contributed by atoms with Gasteiger partial charge in [0, 0.05) is 36.0 Å². The molecule has 2 aliphatic heterocycles. The minimum atomic E-state index is -3.63. The van der Waals surface area contributed by atoms with Crippen LogP contribution in [0, 0.1) is 0 Å². The summed E-state index contributed by atoms with van der Waals surface area (Å²) in [6, 6.07) is 8.71. The van der Waals surface area contributed by atoms with E-state index in [0.29, 0.717) is 22.9 Å². The highest BCUT2D eigenvalue weighted by Gasteiger charge is 2.30. The monoisotopic (exact) mass is 345 g/mol. The largest absolute Gasteiger partial charge is 0.313 e. The number of nitrogens with one attached hydrogen (secondary N) is 2. The summed E-state index contributed by atoms with van der Waals surface area (Å²) in [5.41, 5.74) is 1.31. The highest BCUT2D eigenvalue weighted by Crippen LogP contribution is 2.39. The fraction of sp³-hybridized carbons (Fsp3) is 0.353. The quantitative estimate of drug-likeness (QED) is 0.879. The molecule has 1 amide bonds. The Kier molecular flexibility index (Phi) is 3.59. The van der Waals surface area contributed by atoms with Gasteiger partial charge in [-0.25, -0.2) is 13.1 Å². The summed E-state index contributed by atoms with van der Waals surface area (Å²) in [6.07, 6.45) is 2.05. The summed E-state index contributed by atoms with van der Waals surface area (Å²) in [7, 11) is -1.93. The van der Waals surface area contributed by atoms with Crippen molar-refractivity contribution in [1.82, 2.24) is 10.0 Å². The molecule has 4 rings (SSSR count). The first kappa shape index (κ1) is 15.6. The Hall–Kier alpha value is -1.96. The number of nitrogens with zero attached hydrogens (tertiary/aromatic N) is 1. The molecule has 0 spiro atoms. The summed E-state index contributed by atoms with van der Waals surface area (Å²) >= 11 is 0. The Balaban J connectivity index is 1.76. The number of hydrogen-bond acceptors (Lipinski definition) is 4. The van der Waals surface area contributed by atoms with Crippen molar-refractivity contribution in [3.05, 3.63) is 35.9 Å². The number of sulfonamides is 1. The minimum absolute atomic E-state index is 0.103. The molecule has 6 nitrogen and oxygen atoms in total. The Morgan fingerprint density at radius 1 is 1.29 bits per heavy atom. The minimum Gasteiger partial charge on any atom is -0.313 e. The van der Waals surface area contributed by atoms with Crippen LogP contribution >= 0.6 is 0 Å².